The highest BCUT2D eigenvalue weighted by Gasteiger charge is 2.15. The molecule has 0 aliphatic heterocycles. The molecule has 0 aromatic heterocycles. The number of anilines is 1. The lowest BCUT2D eigenvalue weighted by atomic mass is 10.2. The van der Waals surface area contributed by atoms with Crippen molar-refractivity contribution >= 4 is 17.6 Å². The van der Waals surface area contributed by atoms with E-state index in [0.717, 1.165) is 17.7 Å². The molecule has 2 rings (SSSR count). The van der Waals surface area contributed by atoms with Crippen LogP contribution in [0.3, 0.4) is 0 Å². The molecular formula is C18H19F3N4O2. The molecule has 1 amide bonds. The molecule has 0 bridgehead atoms. The number of aliphatic imine (C=N–C) groups is 1. The van der Waals surface area contributed by atoms with Gasteiger partial charge in [-0.25, -0.2) is 13.2 Å². The molecule has 0 aliphatic carbocycles. The van der Waals surface area contributed by atoms with Crippen molar-refractivity contribution < 1.29 is 22.7 Å². The van der Waals surface area contributed by atoms with Crippen LogP contribution in [0.5, 0.6) is 5.75 Å². The zero-order valence-corrected chi connectivity index (χ0v) is 14.8. The van der Waals surface area contributed by atoms with Crippen LogP contribution in [-0.4, -0.2) is 32.6 Å². The summed E-state index contributed by atoms with van der Waals surface area (Å²) in [5.41, 5.74) is 0.439. The van der Waals surface area contributed by atoms with Gasteiger partial charge in [-0.3, -0.25) is 9.79 Å². The first-order valence-electron chi connectivity index (χ1n) is 7.96. The van der Waals surface area contributed by atoms with Crippen molar-refractivity contribution in [1.29, 1.82) is 0 Å². The first-order chi connectivity index (χ1) is 13.0. The Kier molecular flexibility index (Phi) is 7.04. The first kappa shape index (κ1) is 20.1. The Morgan fingerprint density at radius 1 is 1.07 bits per heavy atom. The van der Waals surface area contributed by atoms with Gasteiger partial charge in [0.25, 0.3) is 0 Å². The fourth-order valence-corrected chi connectivity index (χ4v) is 2.23. The van der Waals surface area contributed by atoms with Gasteiger partial charge in [0.05, 0.1) is 19.3 Å². The lowest BCUT2D eigenvalue weighted by molar-refractivity contribution is -0.115. The third-order valence-corrected chi connectivity index (χ3v) is 3.59. The number of nitrogens with zero attached hydrogens (tertiary/aromatic N) is 1. The maximum Gasteiger partial charge on any atom is 0.243 e. The molecule has 27 heavy (non-hydrogen) atoms. The number of para-hydroxylation sites is 1. The topological polar surface area (TPSA) is 74.8 Å². The van der Waals surface area contributed by atoms with Crippen LogP contribution in [0, 0.1) is 17.5 Å². The van der Waals surface area contributed by atoms with E-state index in [1.807, 2.05) is 24.3 Å². The number of benzene rings is 2. The molecule has 0 heterocycles. The molecule has 0 saturated carbocycles. The number of guanidine groups is 1. The summed E-state index contributed by atoms with van der Waals surface area (Å²) in [7, 11) is 3.08. The SMILES string of the molecule is CN=C(NCC(=O)Nc1ccc(F)c(F)c1F)NCc1ccccc1OC. The van der Waals surface area contributed by atoms with E-state index in [1.54, 1.807) is 7.11 Å². The van der Waals surface area contributed by atoms with Gasteiger partial charge in [0.1, 0.15) is 5.75 Å². The number of carbonyl (C=O) groups excluding carboxylic acids is 1. The van der Waals surface area contributed by atoms with Crippen LogP contribution in [0.25, 0.3) is 0 Å². The first-order valence-corrected chi connectivity index (χ1v) is 7.96. The van der Waals surface area contributed by atoms with Gasteiger partial charge < -0.3 is 20.7 Å². The molecule has 9 heteroatoms. The molecule has 6 nitrogen and oxygen atoms in total. The van der Waals surface area contributed by atoms with Crippen LogP contribution in [-0.2, 0) is 11.3 Å². The van der Waals surface area contributed by atoms with Crippen molar-refractivity contribution in [2.24, 2.45) is 4.99 Å². The number of ether oxygens (including phenoxy) is 1. The van der Waals surface area contributed by atoms with Gasteiger partial charge in [-0.2, -0.15) is 0 Å². The Hall–Kier alpha value is -3.23. The van der Waals surface area contributed by atoms with Gasteiger partial charge in [0.15, 0.2) is 23.4 Å². The Bertz CT molecular complexity index is 843. The quantitative estimate of drug-likeness (QED) is 0.409. The zero-order valence-electron chi connectivity index (χ0n) is 14.8. The highest BCUT2D eigenvalue weighted by molar-refractivity contribution is 5.95. The minimum atomic E-state index is -1.64. The number of carbonyl (C=O) groups is 1. The van der Waals surface area contributed by atoms with Crippen LogP contribution in [0.1, 0.15) is 5.56 Å². The molecule has 0 aliphatic rings. The second-order valence-electron chi connectivity index (χ2n) is 5.36. The summed E-state index contributed by atoms with van der Waals surface area (Å²) in [5.74, 6) is -4.06. The smallest absolute Gasteiger partial charge is 0.243 e. The fourth-order valence-electron chi connectivity index (χ4n) is 2.23. The van der Waals surface area contributed by atoms with Crippen molar-refractivity contribution in [1.82, 2.24) is 10.6 Å². The van der Waals surface area contributed by atoms with Crippen LogP contribution in [0.2, 0.25) is 0 Å². The lowest BCUT2D eigenvalue weighted by Gasteiger charge is -2.14. The molecule has 3 N–H and O–H groups in total. The van der Waals surface area contributed by atoms with Gasteiger partial charge in [-0.1, -0.05) is 18.2 Å². The maximum atomic E-state index is 13.6. The van der Waals surface area contributed by atoms with E-state index in [-0.39, 0.29) is 6.54 Å². The molecule has 0 saturated heterocycles. The third kappa shape index (κ3) is 5.37. The monoisotopic (exact) mass is 380 g/mol. The van der Waals surface area contributed by atoms with Gasteiger partial charge in [-0.05, 0) is 18.2 Å². The summed E-state index contributed by atoms with van der Waals surface area (Å²) in [6, 6.07) is 9.07. The van der Waals surface area contributed by atoms with Crippen LogP contribution < -0.4 is 20.7 Å². The van der Waals surface area contributed by atoms with E-state index in [2.05, 4.69) is 20.9 Å². The maximum absolute atomic E-state index is 13.6. The molecule has 0 fully saturated rings. The number of hydrogen-bond donors (Lipinski definition) is 3. The summed E-state index contributed by atoms with van der Waals surface area (Å²) < 4.78 is 44.9. The molecule has 144 valence electrons. The van der Waals surface area contributed by atoms with Crippen LogP contribution in [0.4, 0.5) is 18.9 Å². The lowest BCUT2D eigenvalue weighted by Crippen LogP contribution is -2.41. The third-order valence-electron chi connectivity index (χ3n) is 3.59. The van der Waals surface area contributed by atoms with E-state index in [1.165, 1.54) is 7.05 Å². The Morgan fingerprint density at radius 2 is 1.81 bits per heavy atom. The van der Waals surface area contributed by atoms with Crippen molar-refractivity contribution in [2.75, 3.05) is 26.0 Å². The number of methoxy groups -OCH3 is 1. The average molecular weight is 380 g/mol. The Morgan fingerprint density at radius 3 is 2.52 bits per heavy atom. The molecule has 2 aromatic rings. The van der Waals surface area contributed by atoms with E-state index in [9.17, 15) is 18.0 Å². The molecular weight excluding hydrogens is 361 g/mol. The standard InChI is InChI=1S/C18H19F3N4O2/c1-22-18(23-9-11-5-3-4-6-14(11)27-2)24-10-15(26)25-13-8-7-12(19)16(20)17(13)21/h3-8H,9-10H2,1-2H3,(H,25,26)(H2,22,23,24). The normalized spacial score (nSPS) is 11.1. The molecule has 0 unspecified atom stereocenters. The minimum Gasteiger partial charge on any atom is -0.496 e. The van der Waals surface area contributed by atoms with Crippen molar-refractivity contribution in [3.8, 4) is 5.75 Å². The molecule has 0 radical (unpaired) electrons. The van der Waals surface area contributed by atoms with Crippen molar-refractivity contribution in [3.63, 3.8) is 0 Å². The summed E-state index contributed by atoms with van der Waals surface area (Å²) >= 11 is 0. The van der Waals surface area contributed by atoms with Crippen molar-refractivity contribution in [3.05, 3.63) is 59.4 Å². The molecule has 0 atom stereocenters. The molecule has 2 aromatic carbocycles. The number of rotatable bonds is 6. The van der Waals surface area contributed by atoms with Gasteiger partial charge in [-0.15, -0.1) is 0 Å². The average Bonchev–Trinajstić information content (AvgIpc) is 2.68. The predicted molar refractivity (Wildman–Crippen MR) is 96.1 cm³/mol. The second-order valence-corrected chi connectivity index (χ2v) is 5.36. The number of halogens is 3. The van der Waals surface area contributed by atoms with Gasteiger partial charge in [0.2, 0.25) is 5.91 Å². The largest absolute Gasteiger partial charge is 0.496 e. The summed E-state index contributed by atoms with van der Waals surface area (Å²) in [6.45, 7) is 0.132. The fraction of sp³-hybridized carbons (Fsp3) is 0.222. The number of nitrogens with one attached hydrogen (secondary N) is 3. The summed E-state index contributed by atoms with van der Waals surface area (Å²) in [5, 5.41) is 7.91. The van der Waals surface area contributed by atoms with Crippen LogP contribution >= 0.6 is 0 Å². The Balaban J connectivity index is 1.88. The van der Waals surface area contributed by atoms with Crippen LogP contribution in [0.15, 0.2) is 41.4 Å². The Labute approximate surface area is 154 Å². The van der Waals surface area contributed by atoms with Gasteiger partial charge in [0, 0.05) is 19.2 Å². The number of hydrogen-bond acceptors (Lipinski definition) is 3. The van der Waals surface area contributed by atoms with E-state index >= 15 is 0 Å². The summed E-state index contributed by atoms with van der Waals surface area (Å²) in [6.07, 6.45) is 0. The number of amides is 1. The van der Waals surface area contributed by atoms with E-state index in [0.29, 0.717) is 18.3 Å². The van der Waals surface area contributed by atoms with Crippen molar-refractivity contribution in [2.45, 2.75) is 6.54 Å². The minimum absolute atomic E-state index is 0.260. The van der Waals surface area contributed by atoms with Gasteiger partial charge >= 0.3 is 0 Å². The molecule has 0 spiro atoms. The highest BCUT2D eigenvalue weighted by Crippen LogP contribution is 2.19. The zero-order chi connectivity index (χ0) is 19.8. The predicted octanol–water partition coefficient (Wildman–Crippen LogP) is 2.42. The highest BCUT2D eigenvalue weighted by atomic mass is 19.2. The second kappa shape index (κ2) is 9.46. The van der Waals surface area contributed by atoms with E-state index < -0.39 is 29.0 Å². The summed E-state index contributed by atoms with van der Waals surface area (Å²) in [4.78, 5) is 15.9. The van der Waals surface area contributed by atoms with E-state index in [4.69, 9.17) is 4.74 Å².